The number of rotatable bonds is 8. The van der Waals surface area contributed by atoms with Crippen molar-refractivity contribution >= 4 is 32.9 Å². The lowest BCUT2D eigenvalue weighted by molar-refractivity contribution is -0.142. The van der Waals surface area contributed by atoms with Crippen LogP contribution in [0.3, 0.4) is 0 Å². The second-order valence-corrected chi connectivity index (χ2v) is 16.2. The van der Waals surface area contributed by atoms with Crippen LogP contribution < -0.4 is 9.46 Å². The topological polar surface area (TPSA) is 104 Å². The molecule has 3 heterocycles. The van der Waals surface area contributed by atoms with Crippen molar-refractivity contribution in [3.05, 3.63) is 53.1 Å². The van der Waals surface area contributed by atoms with E-state index in [0.29, 0.717) is 19.0 Å². The average molecular weight is 676 g/mol. The van der Waals surface area contributed by atoms with Crippen molar-refractivity contribution in [2.45, 2.75) is 83.2 Å². The summed E-state index contributed by atoms with van der Waals surface area (Å²) in [4.78, 5) is 32.9. The van der Waals surface area contributed by atoms with Gasteiger partial charge in [-0.15, -0.1) is 0 Å². The molecule has 3 fully saturated rings. The number of fused-ring (bicyclic) bond motifs is 7. The minimum Gasteiger partial charge on any atom is -0.497 e. The summed E-state index contributed by atoms with van der Waals surface area (Å²) in [6, 6.07) is 12.1. The number of amides is 2. The number of aromatic nitrogens is 1. The van der Waals surface area contributed by atoms with Gasteiger partial charge in [-0.25, -0.2) is 4.72 Å². The first-order chi connectivity index (χ1) is 23.0. The Hall–Kier alpha value is -3.41. The van der Waals surface area contributed by atoms with E-state index < -0.39 is 21.5 Å². The molecule has 258 valence electrons. The summed E-state index contributed by atoms with van der Waals surface area (Å²) in [5, 5.41) is 1.08. The van der Waals surface area contributed by atoms with E-state index in [1.807, 2.05) is 18.2 Å². The van der Waals surface area contributed by atoms with Crippen LogP contribution in [0.25, 0.3) is 22.2 Å². The Balaban J connectivity index is 1.42. The van der Waals surface area contributed by atoms with Crippen molar-refractivity contribution < 1.29 is 22.7 Å². The van der Waals surface area contributed by atoms with Gasteiger partial charge in [0, 0.05) is 73.8 Å². The lowest BCUT2D eigenvalue weighted by atomic mass is 9.81. The van der Waals surface area contributed by atoms with Crippen LogP contribution >= 0.6 is 0 Å². The molecule has 3 atom stereocenters. The average Bonchev–Trinajstić information content (AvgIpc) is 3.77. The molecule has 4 aliphatic rings. The van der Waals surface area contributed by atoms with Gasteiger partial charge < -0.3 is 19.1 Å². The van der Waals surface area contributed by atoms with Crippen LogP contribution in [0.1, 0.15) is 92.1 Å². The van der Waals surface area contributed by atoms with Gasteiger partial charge in [-0.3, -0.25) is 9.59 Å². The standard InChI is InChI=1S/C37H49N5O5S/c1-6-26-22-39(3)17-18-41(26)36(44)37-21-31(37)30-20-27(47-5)14-16-28(30)34-33(24-11-9-8-10-12-24)29-15-13-25(19-32(29)42(34)23-37)35(43)38-48(45,46)40(4)7-2/h13-16,19-20,24,26,31H,6-12,17-18,21-23H2,1-5H3,(H,38,43). The summed E-state index contributed by atoms with van der Waals surface area (Å²) in [6.45, 7) is 7.07. The fourth-order valence-corrected chi connectivity index (χ4v) is 9.61. The summed E-state index contributed by atoms with van der Waals surface area (Å²) >= 11 is 0. The largest absolute Gasteiger partial charge is 0.497 e. The third kappa shape index (κ3) is 5.42. The molecule has 2 saturated carbocycles. The van der Waals surface area contributed by atoms with Crippen LogP contribution in [-0.4, -0.2) is 92.3 Å². The van der Waals surface area contributed by atoms with Gasteiger partial charge >= 0.3 is 10.2 Å². The molecule has 1 saturated heterocycles. The molecule has 7 rings (SSSR count). The third-order valence-electron chi connectivity index (χ3n) is 11.7. The molecule has 0 bridgehead atoms. The molecular formula is C37H49N5O5S. The summed E-state index contributed by atoms with van der Waals surface area (Å²) in [5.41, 5.74) is 5.27. The predicted molar refractivity (Wildman–Crippen MR) is 188 cm³/mol. The number of nitrogens with zero attached hydrogens (tertiary/aromatic N) is 4. The molecule has 0 spiro atoms. The van der Waals surface area contributed by atoms with Gasteiger partial charge in [0.15, 0.2) is 0 Å². The Morgan fingerprint density at radius 2 is 1.83 bits per heavy atom. The molecule has 48 heavy (non-hydrogen) atoms. The van der Waals surface area contributed by atoms with Gasteiger partial charge in [0.25, 0.3) is 5.91 Å². The fraction of sp³-hybridized carbons (Fsp3) is 0.568. The first kappa shape index (κ1) is 33.1. The number of carbonyl (C=O) groups is 2. The molecule has 3 unspecified atom stereocenters. The van der Waals surface area contributed by atoms with Gasteiger partial charge in [0.2, 0.25) is 5.91 Å². The van der Waals surface area contributed by atoms with Gasteiger partial charge in [0.1, 0.15) is 5.75 Å². The number of likely N-dealkylation sites (N-methyl/N-ethyl adjacent to an activating group) is 1. The number of hydrogen-bond donors (Lipinski definition) is 1. The van der Waals surface area contributed by atoms with E-state index in [1.165, 1.54) is 31.9 Å². The Bertz CT molecular complexity index is 1860. The van der Waals surface area contributed by atoms with Crippen molar-refractivity contribution in [1.82, 2.24) is 23.4 Å². The smallest absolute Gasteiger partial charge is 0.303 e. The Labute approximate surface area is 284 Å². The summed E-state index contributed by atoms with van der Waals surface area (Å²) < 4.78 is 37.0. The van der Waals surface area contributed by atoms with E-state index in [-0.39, 0.29) is 30.0 Å². The maximum atomic E-state index is 14.9. The van der Waals surface area contributed by atoms with E-state index in [1.54, 1.807) is 20.1 Å². The molecule has 1 aromatic heterocycles. The van der Waals surface area contributed by atoms with Crippen LogP contribution in [0.2, 0.25) is 0 Å². The van der Waals surface area contributed by atoms with E-state index in [9.17, 15) is 18.0 Å². The van der Waals surface area contributed by atoms with Crippen LogP contribution in [0.5, 0.6) is 5.75 Å². The van der Waals surface area contributed by atoms with Crippen molar-refractivity contribution in [3.63, 3.8) is 0 Å². The highest BCUT2D eigenvalue weighted by Gasteiger charge is 2.64. The van der Waals surface area contributed by atoms with Crippen molar-refractivity contribution in [3.8, 4) is 17.0 Å². The lowest BCUT2D eigenvalue weighted by Gasteiger charge is -2.41. The monoisotopic (exact) mass is 675 g/mol. The second-order valence-electron chi connectivity index (χ2n) is 14.5. The molecule has 11 heteroatoms. The van der Waals surface area contributed by atoms with E-state index in [2.05, 4.69) is 45.2 Å². The molecule has 1 N–H and O–H groups in total. The highest BCUT2D eigenvalue weighted by Crippen LogP contribution is 2.66. The zero-order chi connectivity index (χ0) is 34.0. The maximum absolute atomic E-state index is 14.9. The van der Waals surface area contributed by atoms with Crippen LogP contribution in [0, 0.1) is 5.41 Å². The third-order valence-corrected chi connectivity index (χ3v) is 13.2. The van der Waals surface area contributed by atoms with Crippen molar-refractivity contribution in [2.75, 3.05) is 47.4 Å². The minimum absolute atomic E-state index is 0.0580. The first-order valence-electron chi connectivity index (χ1n) is 17.6. The fourth-order valence-electron chi connectivity index (χ4n) is 8.76. The summed E-state index contributed by atoms with van der Waals surface area (Å²) in [5.74, 6) is 0.757. The van der Waals surface area contributed by atoms with E-state index in [0.717, 1.165) is 76.6 Å². The summed E-state index contributed by atoms with van der Waals surface area (Å²) in [6.07, 6.45) is 7.41. The van der Waals surface area contributed by atoms with Crippen LogP contribution in [0.15, 0.2) is 36.4 Å². The van der Waals surface area contributed by atoms with Gasteiger partial charge in [-0.1, -0.05) is 39.2 Å². The number of benzene rings is 2. The number of carbonyl (C=O) groups excluding carboxylic acids is 2. The summed E-state index contributed by atoms with van der Waals surface area (Å²) in [7, 11) is 1.28. The molecule has 10 nitrogen and oxygen atoms in total. The molecule has 2 amide bonds. The number of piperazine rings is 1. The Kier molecular flexibility index (Phi) is 8.61. The maximum Gasteiger partial charge on any atom is 0.303 e. The lowest BCUT2D eigenvalue weighted by Crippen LogP contribution is -2.56. The number of nitrogens with one attached hydrogen (secondary N) is 1. The van der Waals surface area contributed by atoms with Crippen molar-refractivity contribution in [2.24, 2.45) is 5.41 Å². The predicted octanol–water partition coefficient (Wildman–Crippen LogP) is 5.33. The van der Waals surface area contributed by atoms with E-state index >= 15 is 0 Å². The van der Waals surface area contributed by atoms with Crippen molar-refractivity contribution in [1.29, 1.82) is 0 Å². The van der Waals surface area contributed by atoms with Crippen LogP contribution in [-0.2, 0) is 21.5 Å². The number of hydrogen-bond acceptors (Lipinski definition) is 6. The Morgan fingerprint density at radius 1 is 1.06 bits per heavy atom. The quantitative estimate of drug-likeness (QED) is 0.346. The van der Waals surface area contributed by atoms with Gasteiger partial charge in [0.05, 0.1) is 18.2 Å². The number of methoxy groups -OCH3 is 1. The van der Waals surface area contributed by atoms with Crippen LogP contribution in [0.4, 0.5) is 0 Å². The van der Waals surface area contributed by atoms with Gasteiger partial charge in [-0.2, -0.15) is 12.7 Å². The normalized spacial score (nSPS) is 24.5. The molecule has 0 radical (unpaired) electrons. The molecular weight excluding hydrogens is 627 g/mol. The molecule has 2 aliphatic carbocycles. The highest BCUT2D eigenvalue weighted by molar-refractivity contribution is 7.87. The Morgan fingerprint density at radius 3 is 2.54 bits per heavy atom. The molecule has 3 aromatic rings. The zero-order valence-corrected chi connectivity index (χ0v) is 29.7. The minimum atomic E-state index is -3.98. The SMILES string of the molecule is CCC1CN(C)CCN1C(=O)C12CC1c1cc(OC)ccc1-c1c(C3CCCCC3)c3ccc(C(=O)NS(=O)(=O)N(C)CC)cc3n1C2. The molecule has 2 aromatic carbocycles. The highest BCUT2D eigenvalue weighted by atomic mass is 32.2. The zero-order valence-electron chi connectivity index (χ0n) is 28.9. The number of ether oxygens (including phenoxy) is 1. The molecule has 2 aliphatic heterocycles. The van der Waals surface area contributed by atoms with E-state index in [4.69, 9.17) is 4.74 Å². The van der Waals surface area contributed by atoms with Gasteiger partial charge in [-0.05, 0) is 80.1 Å². The first-order valence-corrected chi connectivity index (χ1v) is 19.1. The second kappa shape index (κ2) is 12.5.